The van der Waals surface area contributed by atoms with Gasteiger partial charge in [-0.15, -0.1) is 0 Å². The minimum atomic E-state index is 0.305. The maximum atomic E-state index is 9.26. The maximum absolute atomic E-state index is 9.26. The van der Waals surface area contributed by atoms with E-state index in [1.54, 1.807) is 0 Å². The molecule has 0 bridgehead atoms. The predicted octanol–water partition coefficient (Wildman–Crippen LogP) is 2.99. The minimum Gasteiger partial charge on any atom is -0.396 e. The summed E-state index contributed by atoms with van der Waals surface area (Å²) in [5, 5.41) is 9.26. The molecule has 0 amide bonds. The lowest BCUT2D eigenvalue weighted by Crippen LogP contribution is -2.36. The summed E-state index contributed by atoms with van der Waals surface area (Å²) in [6.07, 6.45) is 7.62. The first-order valence-electron chi connectivity index (χ1n) is 7.34. The molecule has 0 aromatic heterocycles. The van der Waals surface area contributed by atoms with Crippen LogP contribution in [-0.4, -0.2) is 24.3 Å². The van der Waals surface area contributed by atoms with Crippen LogP contribution in [0.3, 0.4) is 0 Å². The van der Waals surface area contributed by atoms with Gasteiger partial charge in [-0.2, -0.15) is 0 Å². The van der Waals surface area contributed by atoms with Crippen LogP contribution in [0.15, 0.2) is 24.3 Å². The van der Waals surface area contributed by atoms with Crippen LogP contribution in [0.5, 0.6) is 0 Å². The highest BCUT2D eigenvalue weighted by Gasteiger charge is 2.30. The SMILES string of the molecule is OCCC1Cc2ccccc2N1CC1CCCC1. The summed E-state index contributed by atoms with van der Waals surface area (Å²) < 4.78 is 0. The molecule has 0 saturated heterocycles. The van der Waals surface area contributed by atoms with Gasteiger partial charge in [-0.1, -0.05) is 31.0 Å². The Balaban J connectivity index is 1.78. The number of para-hydroxylation sites is 1. The summed E-state index contributed by atoms with van der Waals surface area (Å²) in [5.74, 6) is 0.873. The molecule has 3 rings (SSSR count). The van der Waals surface area contributed by atoms with Gasteiger partial charge in [0.1, 0.15) is 0 Å². The van der Waals surface area contributed by atoms with Crippen LogP contribution in [0.4, 0.5) is 5.69 Å². The molecule has 2 aliphatic rings. The monoisotopic (exact) mass is 245 g/mol. The lowest BCUT2D eigenvalue weighted by Gasteiger charge is -2.30. The molecule has 1 saturated carbocycles. The quantitative estimate of drug-likeness (QED) is 0.881. The molecule has 1 aliphatic carbocycles. The van der Waals surface area contributed by atoms with E-state index in [9.17, 15) is 5.11 Å². The number of rotatable bonds is 4. The Labute approximate surface area is 110 Å². The predicted molar refractivity (Wildman–Crippen MR) is 74.9 cm³/mol. The van der Waals surface area contributed by atoms with Crippen molar-refractivity contribution in [2.75, 3.05) is 18.1 Å². The number of aliphatic hydroxyl groups excluding tert-OH is 1. The Morgan fingerprint density at radius 3 is 2.72 bits per heavy atom. The number of fused-ring (bicyclic) bond motifs is 1. The van der Waals surface area contributed by atoms with Gasteiger partial charge in [0.2, 0.25) is 0 Å². The van der Waals surface area contributed by atoms with Gasteiger partial charge in [0.15, 0.2) is 0 Å². The van der Waals surface area contributed by atoms with Crippen molar-refractivity contribution in [3.8, 4) is 0 Å². The number of nitrogens with zero attached hydrogens (tertiary/aromatic N) is 1. The maximum Gasteiger partial charge on any atom is 0.0450 e. The van der Waals surface area contributed by atoms with Crippen LogP contribution in [0.25, 0.3) is 0 Å². The number of hydrogen-bond donors (Lipinski definition) is 1. The largest absolute Gasteiger partial charge is 0.396 e. The van der Waals surface area contributed by atoms with Crippen LogP contribution in [0, 0.1) is 5.92 Å². The van der Waals surface area contributed by atoms with Crippen molar-refractivity contribution in [1.82, 2.24) is 0 Å². The molecule has 1 aliphatic heterocycles. The van der Waals surface area contributed by atoms with E-state index in [-0.39, 0.29) is 0 Å². The summed E-state index contributed by atoms with van der Waals surface area (Å²) in [6.45, 7) is 1.50. The van der Waals surface area contributed by atoms with Crippen molar-refractivity contribution in [3.63, 3.8) is 0 Å². The number of aliphatic hydroxyl groups is 1. The highest BCUT2D eigenvalue weighted by atomic mass is 16.3. The van der Waals surface area contributed by atoms with Gasteiger partial charge >= 0.3 is 0 Å². The van der Waals surface area contributed by atoms with Crippen LogP contribution in [0.2, 0.25) is 0 Å². The summed E-state index contributed by atoms with van der Waals surface area (Å²) >= 11 is 0. The summed E-state index contributed by atoms with van der Waals surface area (Å²) in [6, 6.07) is 9.29. The molecule has 1 aromatic carbocycles. The Morgan fingerprint density at radius 2 is 1.94 bits per heavy atom. The van der Waals surface area contributed by atoms with E-state index < -0.39 is 0 Å². The third kappa shape index (κ3) is 2.26. The van der Waals surface area contributed by atoms with Crippen LogP contribution in [-0.2, 0) is 6.42 Å². The zero-order valence-electron chi connectivity index (χ0n) is 11.0. The summed E-state index contributed by atoms with van der Waals surface area (Å²) in [5.41, 5.74) is 2.89. The second kappa shape index (κ2) is 5.31. The molecule has 1 unspecified atom stereocenters. The molecular formula is C16H23NO. The fourth-order valence-electron chi connectivity index (χ4n) is 3.65. The standard InChI is InChI=1S/C16H23NO/c18-10-9-15-11-14-7-3-4-8-16(14)17(15)12-13-5-1-2-6-13/h3-4,7-8,13,15,18H,1-2,5-6,9-12H2. The molecule has 2 nitrogen and oxygen atoms in total. The molecule has 1 fully saturated rings. The second-order valence-corrected chi connectivity index (χ2v) is 5.80. The lowest BCUT2D eigenvalue weighted by molar-refractivity contribution is 0.272. The van der Waals surface area contributed by atoms with Crippen LogP contribution < -0.4 is 4.90 Å². The van der Waals surface area contributed by atoms with Gasteiger partial charge in [0.05, 0.1) is 0 Å². The fourth-order valence-corrected chi connectivity index (χ4v) is 3.65. The smallest absolute Gasteiger partial charge is 0.0450 e. The van der Waals surface area contributed by atoms with Gasteiger partial charge in [0, 0.05) is 24.9 Å². The normalized spacial score (nSPS) is 23.6. The van der Waals surface area contributed by atoms with E-state index in [1.807, 2.05) is 0 Å². The average Bonchev–Trinajstić information content (AvgIpc) is 3.00. The average molecular weight is 245 g/mol. The highest BCUT2D eigenvalue weighted by Crippen LogP contribution is 2.36. The van der Waals surface area contributed by atoms with Crippen molar-refractivity contribution in [1.29, 1.82) is 0 Å². The Bertz CT molecular complexity index is 398. The van der Waals surface area contributed by atoms with E-state index in [4.69, 9.17) is 0 Å². The van der Waals surface area contributed by atoms with E-state index in [0.717, 1.165) is 18.8 Å². The molecule has 1 heterocycles. The zero-order valence-corrected chi connectivity index (χ0v) is 11.0. The Hall–Kier alpha value is -1.02. The van der Waals surface area contributed by atoms with E-state index >= 15 is 0 Å². The van der Waals surface area contributed by atoms with Crippen molar-refractivity contribution in [2.45, 2.75) is 44.6 Å². The first-order valence-corrected chi connectivity index (χ1v) is 7.34. The lowest BCUT2D eigenvalue weighted by atomic mass is 10.1. The van der Waals surface area contributed by atoms with Crippen molar-refractivity contribution in [3.05, 3.63) is 29.8 Å². The number of anilines is 1. The Kier molecular flexibility index (Phi) is 3.55. The van der Waals surface area contributed by atoms with Crippen molar-refractivity contribution >= 4 is 5.69 Å². The molecule has 1 aromatic rings. The number of benzene rings is 1. The van der Waals surface area contributed by atoms with Gasteiger partial charge in [-0.25, -0.2) is 0 Å². The third-order valence-electron chi connectivity index (χ3n) is 4.59. The first-order chi connectivity index (χ1) is 8.88. The zero-order chi connectivity index (χ0) is 12.4. The van der Waals surface area contributed by atoms with Gasteiger partial charge in [-0.3, -0.25) is 0 Å². The molecule has 2 heteroatoms. The second-order valence-electron chi connectivity index (χ2n) is 5.80. The van der Waals surface area contributed by atoms with E-state index in [0.29, 0.717) is 12.6 Å². The Morgan fingerprint density at radius 1 is 1.17 bits per heavy atom. The van der Waals surface area contributed by atoms with Crippen LogP contribution >= 0.6 is 0 Å². The molecule has 98 valence electrons. The molecule has 1 atom stereocenters. The van der Waals surface area contributed by atoms with Gasteiger partial charge in [0.25, 0.3) is 0 Å². The molecule has 1 N–H and O–H groups in total. The van der Waals surface area contributed by atoms with Crippen molar-refractivity contribution in [2.24, 2.45) is 5.92 Å². The van der Waals surface area contributed by atoms with Crippen LogP contribution in [0.1, 0.15) is 37.7 Å². The minimum absolute atomic E-state index is 0.305. The first kappa shape index (κ1) is 12.0. The van der Waals surface area contributed by atoms with E-state index in [2.05, 4.69) is 29.2 Å². The molecule has 0 spiro atoms. The topological polar surface area (TPSA) is 23.5 Å². The third-order valence-corrected chi connectivity index (χ3v) is 4.59. The molecule has 18 heavy (non-hydrogen) atoms. The highest BCUT2D eigenvalue weighted by molar-refractivity contribution is 5.59. The summed E-state index contributed by atoms with van der Waals surface area (Å²) in [4.78, 5) is 2.57. The van der Waals surface area contributed by atoms with Crippen molar-refractivity contribution < 1.29 is 5.11 Å². The van der Waals surface area contributed by atoms with E-state index in [1.165, 1.54) is 43.5 Å². The number of hydrogen-bond acceptors (Lipinski definition) is 2. The molecule has 0 radical (unpaired) electrons. The summed E-state index contributed by atoms with van der Waals surface area (Å²) in [7, 11) is 0. The van der Waals surface area contributed by atoms with Gasteiger partial charge in [-0.05, 0) is 43.2 Å². The molecular weight excluding hydrogens is 222 g/mol. The fraction of sp³-hybridized carbons (Fsp3) is 0.625. The van der Waals surface area contributed by atoms with Gasteiger partial charge < -0.3 is 10.0 Å².